The molecule has 0 unspecified atom stereocenters. The number of hydrogen-bond acceptors (Lipinski definition) is 8. The third kappa shape index (κ3) is 8.32. The molecule has 0 saturated carbocycles. The molecule has 2 N–H and O–H groups in total. The Bertz CT molecular complexity index is 1750. The van der Waals surface area contributed by atoms with E-state index in [4.69, 9.17) is 15.2 Å². The number of nitriles is 1. The number of esters is 1. The summed E-state index contributed by atoms with van der Waals surface area (Å²) in [6.45, 7) is 9.16. The molecular weight excluding hydrogens is 681 g/mol. The van der Waals surface area contributed by atoms with Gasteiger partial charge in [-0.05, 0) is 85.1 Å². The fourth-order valence-corrected chi connectivity index (χ4v) is 6.44. The smallest absolute Gasteiger partial charge is 0.306 e. The van der Waals surface area contributed by atoms with Gasteiger partial charge in [-0.3, -0.25) is 19.3 Å². The minimum absolute atomic E-state index is 0.0303. The van der Waals surface area contributed by atoms with Crippen molar-refractivity contribution >= 4 is 39.4 Å². The quantitative estimate of drug-likeness (QED) is 0.265. The summed E-state index contributed by atoms with van der Waals surface area (Å²) in [5.41, 5.74) is 8.83. The van der Waals surface area contributed by atoms with Gasteiger partial charge >= 0.3 is 5.97 Å². The van der Waals surface area contributed by atoms with E-state index in [0.29, 0.717) is 34.5 Å². The molecule has 2 amide bonds. The number of halogens is 2. The molecular formula is C36H39BrFN5O5. The minimum Gasteiger partial charge on any atom is -0.488 e. The number of amides is 2. The van der Waals surface area contributed by atoms with Crippen LogP contribution >= 0.6 is 15.9 Å². The molecule has 3 aromatic carbocycles. The molecule has 2 aliphatic rings. The number of anilines is 1. The fraction of sp³-hybridized carbons (Fsp3) is 0.389. The van der Waals surface area contributed by atoms with Crippen molar-refractivity contribution in [1.82, 2.24) is 9.80 Å². The molecule has 0 aromatic heterocycles. The number of nitrogens with zero attached hydrogens (tertiary/aromatic N) is 4. The summed E-state index contributed by atoms with van der Waals surface area (Å²) in [4.78, 5) is 43.8. The Kier molecular flexibility index (Phi) is 10.7. The summed E-state index contributed by atoms with van der Waals surface area (Å²) in [7, 11) is 0. The van der Waals surface area contributed by atoms with Gasteiger partial charge < -0.3 is 25.0 Å². The van der Waals surface area contributed by atoms with Gasteiger partial charge in [0.25, 0.3) is 5.91 Å². The minimum atomic E-state index is -1.00. The van der Waals surface area contributed by atoms with Crippen molar-refractivity contribution in [2.75, 3.05) is 31.1 Å². The first-order valence-corrected chi connectivity index (χ1v) is 16.6. The van der Waals surface area contributed by atoms with E-state index in [2.05, 4.69) is 31.8 Å². The molecule has 3 aromatic rings. The topological polar surface area (TPSA) is 129 Å². The number of hydrogen-bond donors (Lipinski definition) is 1. The standard InChI is InChI=1S/C36H39BrFN5O5/c1-36(2,3)48-33(44)12-11-31(34(40)45)43-21-28-27(35(43)46)5-4-6-32(28)47-22-25-8-7-23(17-30(25)38)20-41-13-15-42(16-14-41)26-10-9-24(19-39)29(37)18-26/h4-10,17-18,31H,11-16,20-22H2,1-3H3,(H2,40,45)/t31-/m0/s1. The lowest BCUT2D eigenvalue weighted by Gasteiger charge is -2.36. The lowest BCUT2D eigenvalue weighted by molar-refractivity contribution is -0.155. The van der Waals surface area contributed by atoms with E-state index in [1.54, 1.807) is 45.0 Å². The van der Waals surface area contributed by atoms with Crippen molar-refractivity contribution in [3.8, 4) is 11.8 Å². The van der Waals surface area contributed by atoms with Gasteiger partial charge in [0, 0.05) is 66.0 Å². The second-order valence-electron chi connectivity index (χ2n) is 13.0. The van der Waals surface area contributed by atoms with Gasteiger partial charge in [0.2, 0.25) is 5.91 Å². The number of nitrogens with two attached hydrogens (primary N) is 1. The molecule has 2 heterocycles. The van der Waals surface area contributed by atoms with Crippen LogP contribution in [0.1, 0.15) is 66.2 Å². The third-order valence-electron chi connectivity index (χ3n) is 8.42. The van der Waals surface area contributed by atoms with E-state index < -0.39 is 23.5 Å². The fourth-order valence-electron chi connectivity index (χ4n) is 5.99. The normalized spacial score (nSPS) is 15.5. The van der Waals surface area contributed by atoms with Crippen LogP contribution in [0.5, 0.6) is 5.75 Å². The monoisotopic (exact) mass is 719 g/mol. The summed E-state index contributed by atoms with van der Waals surface area (Å²) in [5.74, 6) is -1.55. The van der Waals surface area contributed by atoms with Gasteiger partial charge in [-0.15, -0.1) is 0 Å². The van der Waals surface area contributed by atoms with Crippen molar-refractivity contribution in [2.45, 2.75) is 65.0 Å². The lowest BCUT2D eigenvalue weighted by atomic mass is 10.1. The molecule has 1 atom stereocenters. The van der Waals surface area contributed by atoms with Crippen LogP contribution in [0.2, 0.25) is 0 Å². The molecule has 252 valence electrons. The summed E-state index contributed by atoms with van der Waals surface area (Å²) >= 11 is 3.46. The van der Waals surface area contributed by atoms with Crippen molar-refractivity contribution in [3.05, 3.63) is 92.7 Å². The molecule has 0 aliphatic carbocycles. The van der Waals surface area contributed by atoms with Crippen LogP contribution < -0.4 is 15.4 Å². The maximum atomic E-state index is 15.3. The number of rotatable bonds is 11. The van der Waals surface area contributed by atoms with Crippen molar-refractivity contribution < 1.29 is 28.2 Å². The number of primary amides is 1. The molecule has 48 heavy (non-hydrogen) atoms. The van der Waals surface area contributed by atoms with Crippen molar-refractivity contribution in [1.29, 1.82) is 5.26 Å². The van der Waals surface area contributed by atoms with Crippen LogP contribution in [-0.2, 0) is 34.0 Å². The summed E-state index contributed by atoms with van der Waals surface area (Å²) in [6.07, 6.45) is -0.0425. The Labute approximate surface area is 288 Å². The largest absolute Gasteiger partial charge is 0.488 e. The van der Waals surface area contributed by atoms with Crippen LogP contribution in [0, 0.1) is 17.1 Å². The van der Waals surface area contributed by atoms with Crippen LogP contribution in [-0.4, -0.2) is 65.4 Å². The highest BCUT2D eigenvalue weighted by Gasteiger charge is 2.37. The SMILES string of the molecule is CC(C)(C)OC(=O)CC[C@@H](C(N)=O)N1Cc2c(OCc3ccc(CN4CCN(c5ccc(C#N)c(Br)c5)CC4)cc3F)cccc2C1=O. The first-order chi connectivity index (χ1) is 22.8. The molecule has 12 heteroatoms. The predicted molar refractivity (Wildman–Crippen MR) is 181 cm³/mol. The van der Waals surface area contributed by atoms with E-state index in [1.165, 1.54) is 11.0 Å². The van der Waals surface area contributed by atoms with Gasteiger partial charge in [-0.2, -0.15) is 5.26 Å². The maximum absolute atomic E-state index is 15.3. The molecule has 5 rings (SSSR count). The Morgan fingerprint density at radius 3 is 2.48 bits per heavy atom. The zero-order valence-corrected chi connectivity index (χ0v) is 28.9. The van der Waals surface area contributed by atoms with E-state index in [0.717, 1.165) is 41.9 Å². The van der Waals surface area contributed by atoms with E-state index >= 15 is 4.39 Å². The van der Waals surface area contributed by atoms with Gasteiger partial charge in [-0.1, -0.05) is 18.2 Å². The van der Waals surface area contributed by atoms with Crippen LogP contribution in [0.15, 0.2) is 59.1 Å². The molecule has 1 saturated heterocycles. The Balaban J connectivity index is 1.17. The molecule has 0 radical (unpaired) electrons. The van der Waals surface area contributed by atoms with Crippen molar-refractivity contribution in [2.24, 2.45) is 5.73 Å². The number of piperazine rings is 1. The highest BCUT2D eigenvalue weighted by Crippen LogP contribution is 2.34. The Morgan fingerprint density at radius 2 is 1.83 bits per heavy atom. The number of fused-ring (bicyclic) bond motifs is 1. The zero-order valence-electron chi connectivity index (χ0n) is 27.3. The average Bonchev–Trinajstić information content (AvgIpc) is 3.36. The van der Waals surface area contributed by atoms with E-state index in [1.807, 2.05) is 24.3 Å². The number of benzene rings is 3. The molecule has 0 spiro atoms. The summed E-state index contributed by atoms with van der Waals surface area (Å²) < 4.78 is 27.4. The van der Waals surface area contributed by atoms with Gasteiger partial charge in [0.05, 0.1) is 12.1 Å². The highest BCUT2D eigenvalue weighted by atomic mass is 79.9. The van der Waals surface area contributed by atoms with Crippen molar-refractivity contribution in [3.63, 3.8) is 0 Å². The average molecular weight is 721 g/mol. The van der Waals surface area contributed by atoms with E-state index in [-0.39, 0.29) is 37.7 Å². The van der Waals surface area contributed by atoms with Gasteiger partial charge in [0.1, 0.15) is 35.9 Å². The van der Waals surface area contributed by atoms with Crippen LogP contribution in [0.4, 0.5) is 10.1 Å². The predicted octanol–water partition coefficient (Wildman–Crippen LogP) is 5.29. The summed E-state index contributed by atoms with van der Waals surface area (Å²) in [5, 5.41) is 9.18. The summed E-state index contributed by atoms with van der Waals surface area (Å²) in [6, 6.07) is 17.1. The van der Waals surface area contributed by atoms with Crippen LogP contribution in [0.3, 0.4) is 0 Å². The number of carbonyl (C=O) groups is 3. The van der Waals surface area contributed by atoms with Gasteiger partial charge in [0.15, 0.2) is 0 Å². The lowest BCUT2D eigenvalue weighted by Crippen LogP contribution is -2.46. The van der Waals surface area contributed by atoms with Crippen LogP contribution in [0.25, 0.3) is 0 Å². The van der Waals surface area contributed by atoms with Gasteiger partial charge in [-0.25, -0.2) is 4.39 Å². The highest BCUT2D eigenvalue weighted by molar-refractivity contribution is 9.10. The molecule has 0 bridgehead atoms. The number of ether oxygens (including phenoxy) is 2. The molecule has 1 fully saturated rings. The zero-order chi connectivity index (χ0) is 34.6. The molecule has 2 aliphatic heterocycles. The Morgan fingerprint density at radius 1 is 1.08 bits per heavy atom. The Hall–Kier alpha value is -4.47. The molecule has 10 nitrogen and oxygen atoms in total. The second kappa shape index (κ2) is 14.7. The third-order valence-corrected chi connectivity index (χ3v) is 9.07. The second-order valence-corrected chi connectivity index (χ2v) is 13.9. The first-order valence-electron chi connectivity index (χ1n) is 15.8. The van der Waals surface area contributed by atoms with E-state index in [9.17, 15) is 19.6 Å². The number of carbonyl (C=O) groups excluding carboxylic acids is 3. The maximum Gasteiger partial charge on any atom is 0.306 e. The first kappa shape index (κ1) is 34.9.